The van der Waals surface area contributed by atoms with E-state index < -0.39 is 48.2 Å². The Morgan fingerprint density at radius 1 is 0.609 bits per heavy atom. The summed E-state index contributed by atoms with van der Waals surface area (Å²) in [5.41, 5.74) is -2.23. The molecule has 0 radical (unpaired) electrons. The van der Waals surface area contributed by atoms with Crippen molar-refractivity contribution in [1.82, 2.24) is 0 Å². The fourth-order valence-electron chi connectivity index (χ4n) is 7.01. The van der Waals surface area contributed by atoms with Crippen LogP contribution in [-0.4, -0.2) is 40.5 Å². The highest BCUT2D eigenvalue weighted by Gasteiger charge is 2.58. The second-order valence-corrected chi connectivity index (χ2v) is 14.9. The molecule has 0 aliphatic carbocycles. The number of rotatable bonds is 28. The number of hydrogen-bond acceptors (Lipinski definition) is 7. The van der Waals surface area contributed by atoms with Crippen LogP contribution in [0.4, 0.5) is 0 Å². The summed E-state index contributed by atoms with van der Waals surface area (Å²) in [6.45, 7) is 6.83. The van der Waals surface area contributed by atoms with Gasteiger partial charge in [-0.1, -0.05) is 168 Å². The molecule has 0 aromatic rings. The first-order valence-corrected chi connectivity index (χ1v) is 19.6. The van der Waals surface area contributed by atoms with E-state index in [0.717, 1.165) is 44.4 Å². The van der Waals surface area contributed by atoms with Crippen molar-refractivity contribution in [2.75, 3.05) is 0 Å². The monoisotopic (exact) mass is 651 g/mol. The normalized spacial score (nSPS) is 23.2. The van der Waals surface area contributed by atoms with Gasteiger partial charge in [0.2, 0.25) is 0 Å². The van der Waals surface area contributed by atoms with E-state index in [2.05, 4.69) is 20.8 Å². The molecule has 2 aliphatic heterocycles. The molecule has 3 unspecified atom stereocenters. The van der Waals surface area contributed by atoms with Crippen LogP contribution in [0.15, 0.2) is 0 Å². The summed E-state index contributed by atoms with van der Waals surface area (Å²) in [6, 6.07) is 0. The molecule has 0 aromatic heterocycles. The lowest BCUT2D eigenvalue weighted by Crippen LogP contribution is -2.55. The van der Waals surface area contributed by atoms with E-state index in [9.17, 15) is 19.5 Å². The SMILES string of the molecule is CCCCCCCCCCCCCCCCC12OC(=O)CC(O)(CC(=O)OC1CCCCCCCCCCCCC(C)C)C(=O)O2. The Morgan fingerprint density at radius 3 is 1.54 bits per heavy atom. The number of carbonyl (C=O) groups excluding carboxylic acids is 3. The number of esters is 3. The number of ether oxygens (including phenoxy) is 3. The first-order valence-electron chi connectivity index (χ1n) is 19.6. The van der Waals surface area contributed by atoms with E-state index in [4.69, 9.17) is 14.2 Å². The van der Waals surface area contributed by atoms with Gasteiger partial charge in [0.15, 0.2) is 11.7 Å². The molecule has 1 N–H and O–H groups in total. The summed E-state index contributed by atoms with van der Waals surface area (Å²) in [7, 11) is 0. The number of aliphatic hydroxyl groups is 1. The zero-order valence-corrected chi connectivity index (χ0v) is 30.1. The van der Waals surface area contributed by atoms with Gasteiger partial charge in [-0.2, -0.15) is 0 Å². The van der Waals surface area contributed by atoms with Crippen molar-refractivity contribution in [2.24, 2.45) is 5.92 Å². The van der Waals surface area contributed by atoms with Crippen LogP contribution in [0.25, 0.3) is 0 Å². The third-order valence-electron chi connectivity index (χ3n) is 9.95. The molecule has 2 rings (SSSR count). The first-order chi connectivity index (χ1) is 22.2. The number of hydrogen-bond donors (Lipinski definition) is 1. The topological polar surface area (TPSA) is 99.1 Å². The van der Waals surface area contributed by atoms with Crippen LogP contribution in [-0.2, 0) is 28.6 Å². The van der Waals surface area contributed by atoms with Crippen LogP contribution >= 0.6 is 0 Å². The first kappa shape index (κ1) is 40.5. The van der Waals surface area contributed by atoms with Gasteiger partial charge in [0.05, 0.1) is 12.8 Å². The summed E-state index contributed by atoms with van der Waals surface area (Å²) < 4.78 is 17.4. The molecule has 0 saturated carbocycles. The van der Waals surface area contributed by atoms with Crippen LogP contribution in [0.5, 0.6) is 0 Å². The third kappa shape index (κ3) is 16.5. The lowest BCUT2D eigenvalue weighted by Gasteiger charge is -2.39. The summed E-state index contributed by atoms with van der Waals surface area (Å²) in [4.78, 5) is 38.6. The fourth-order valence-corrected chi connectivity index (χ4v) is 7.01. The molecule has 2 bridgehead atoms. The average Bonchev–Trinajstić information content (AvgIpc) is 3.06. The predicted molar refractivity (Wildman–Crippen MR) is 184 cm³/mol. The smallest absolute Gasteiger partial charge is 0.342 e. The highest BCUT2D eigenvalue weighted by molar-refractivity contribution is 5.92. The Bertz CT molecular complexity index is 842. The van der Waals surface area contributed by atoms with E-state index in [1.54, 1.807) is 0 Å². The zero-order chi connectivity index (χ0) is 33.5. The zero-order valence-electron chi connectivity index (χ0n) is 30.1. The second-order valence-electron chi connectivity index (χ2n) is 14.9. The largest absolute Gasteiger partial charge is 0.454 e. The van der Waals surface area contributed by atoms with Crippen molar-refractivity contribution in [2.45, 2.75) is 224 Å². The Hall–Kier alpha value is -1.63. The van der Waals surface area contributed by atoms with E-state index in [-0.39, 0.29) is 6.42 Å². The maximum absolute atomic E-state index is 13.0. The van der Waals surface area contributed by atoms with Crippen LogP contribution in [0.2, 0.25) is 0 Å². The van der Waals surface area contributed by atoms with Gasteiger partial charge < -0.3 is 19.3 Å². The molecule has 0 spiro atoms. The summed E-state index contributed by atoms with van der Waals surface area (Å²) in [5.74, 6) is -3.21. The van der Waals surface area contributed by atoms with Crippen LogP contribution in [0.3, 0.4) is 0 Å². The minimum Gasteiger partial charge on any atom is -0.454 e. The van der Waals surface area contributed by atoms with Gasteiger partial charge in [-0.05, 0) is 25.2 Å². The number of fused-ring (bicyclic) bond motifs is 3. The quantitative estimate of drug-likeness (QED) is 0.0664. The van der Waals surface area contributed by atoms with Gasteiger partial charge in [-0.15, -0.1) is 0 Å². The van der Waals surface area contributed by atoms with Crippen molar-refractivity contribution in [3.8, 4) is 0 Å². The maximum atomic E-state index is 13.0. The standard InChI is InChI=1S/C39H70O7/c1-4-5-6-7-8-9-10-11-12-15-18-21-24-27-30-39-34(29-26-23-20-17-14-13-16-19-22-25-28-33(2)3)44-35(40)31-38(43,37(42)46-39)32-36(41)45-39/h33-34,43H,4-32H2,1-3H3. The van der Waals surface area contributed by atoms with Crippen molar-refractivity contribution in [1.29, 1.82) is 0 Å². The van der Waals surface area contributed by atoms with Crippen molar-refractivity contribution in [3.05, 3.63) is 0 Å². The number of unbranched alkanes of at least 4 members (excludes halogenated alkanes) is 22. The van der Waals surface area contributed by atoms with E-state index in [1.807, 2.05) is 0 Å². The van der Waals surface area contributed by atoms with Crippen molar-refractivity contribution in [3.63, 3.8) is 0 Å². The molecule has 0 amide bonds. The second kappa shape index (κ2) is 23.7. The van der Waals surface area contributed by atoms with Crippen LogP contribution < -0.4 is 0 Å². The third-order valence-corrected chi connectivity index (χ3v) is 9.95. The molecule has 2 aliphatic rings. The number of carbonyl (C=O) groups is 3. The Morgan fingerprint density at radius 2 is 1.04 bits per heavy atom. The highest BCUT2D eigenvalue weighted by Crippen LogP contribution is 2.40. The van der Waals surface area contributed by atoms with Gasteiger partial charge >= 0.3 is 17.9 Å². The highest BCUT2D eigenvalue weighted by atomic mass is 16.8. The van der Waals surface area contributed by atoms with E-state index >= 15 is 0 Å². The van der Waals surface area contributed by atoms with E-state index in [0.29, 0.717) is 12.8 Å². The Kier molecular flexibility index (Phi) is 20.9. The van der Waals surface area contributed by atoms with Crippen molar-refractivity contribution >= 4 is 17.9 Å². The molecule has 3 atom stereocenters. The molecule has 268 valence electrons. The minimum atomic E-state index is -2.23. The Balaban J connectivity index is 1.75. The molecule has 2 heterocycles. The lowest BCUT2D eigenvalue weighted by molar-refractivity contribution is -0.273. The van der Waals surface area contributed by atoms with E-state index in [1.165, 1.54) is 116 Å². The van der Waals surface area contributed by atoms with Gasteiger partial charge in [0.25, 0.3) is 5.79 Å². The number of cyclic esters (lactones) is 1. The van der Waals surface area contributed by atoms with Crippen LogP contribution in [0, 0.1) is 5.92 Å². The summed E-state index contributed by atoms with van der Waals surface area (Å²) in [6.07, 6.45) is 28.9. The fraction of sp³-hybridized carbons (Fsp3) is 0.923. The van der Waals surface area contributed by atoms with Gasteiger partial charge in [0.1, 0.15) is 0 Å². The van der Waals surface area contributed by atoms with Gasteiger partial charge in [-0.3, -0.25) is 9.59 Å². The maximum Gasteiger partial charge on any atom is 0.342 e. The lowest BCUT2D eigenvalue weighted by atomic mass is 9.93. The molecule has 2 saturated heterocycles. The Labute approximate surface area is 281 Å². The minimum absolute atomic E-state index is 0.272. The molecule has 2 fully saturated rings. The average molecular weight is 651 g/mol. The predicted octanol–water partition coefficient (Wildman–Crippen LogP) is 10.4. The molecular formula is C39H70O7. The van der Waals surface area contributed by atoms with Crippen molar-refractivity contribution < 1.29 is 33.7 Å². The van der Waals surface area contributed by atoms with Gasteiger partial charge in [0, 0.05) is 6.42 Å². The molecule has 46 heavy (non-hydrogen) atoms. The summed E-state index contributed by atoms with van der Waals surface area (Å²) in [5, 5.41) is 10.8. The molecular weight excluding hydrogens is 580 g/mol. The summed E-state index contributed by atoms with van der Waals surface area (Å²) >= 11 is 0. The molecule has 7 nitrogen and oxygen atoms in total. The molecule has 7 heteroatoms. The van der Waals surface area contributed by atoms with Crippen LogP contribution in [0.1, 0.15) is 207 Å². The van der Waals surface area contributed by atoms with Gasteiger partial charge in [-0.25, -0.2) is 4.79 Å². The molecule has 0 aromatic carbocycles.